The molecule has 6 heteroatoms. The Bertz CT molecular complexity index is 6450. The number of anilines is 3. The summed E-state index contributed by atoms with van der Waals surface area (Å²) >= 11 is 1.66. The first-order valence-electron chi connectivity index (χ1n) is 36.8. The van der Waals surface area contributed by atoms with E-state index in [1.165, 1.54) is 0 Å². The van der Waals surface area contributed by atoms with Gasteiger partial charge in [-0.15, -0.1) is 0 Å². The van der Waals surface area contributed by atoms with E-state index in [2.05, 4.69) is 276 Å². The van der Waals surface area contributed by atoms with Crippen molar-refractivity contribution in [1.82, 2.24) is 9.13 Å². The van der Waals surface area contributed by atoms with E-state index in [4.69, 9.17) is 7.48 Å². The standard InChI is InChI=1S/C91H56BN3OS/c1-4-25-57(26-5-1)59-29-22-31-61(51-59)65-40-24-41-66(62-32-23-30-60(52-62)58-27-6-2-7-28-58)89(65)95-82-56-85-75(91(74-44-17-21-48-84(74)96-85)72-42-15-10-35-67(72)68-36-11-16-43-73(68)91)55-77(82)92-76-49-50-81-87(71-39-14-20-47-80(71)93(81)63-33-8-3-9-34-63)90(76)97-86-54-64(53-83(95)88(86)92)94-78-45-18-12-37-69(78)70-38-13-19-46-79(70)94/h1-56H/i12D,13D,18D,19D,37D,38D,45D,46D. The first kappa shape index (κ1) is 46.9. The van der Waals surface area contributed by atoms with Crippen LogP contribution in [0.15, 0.2) is 349 Å². The van der Waals surface area contributed by atoms with Crippen LogP contribution in [-0.4, -0.2) is 15.8 Å². The third-order valence-electron chi connectivity index (χ3n) is 20.7. The van der Waals surface area contributed by atoms with Gasteiger partial charge in [-0.2, -0.15) is 0 Å². The quantitative estimate of drug-likeness (QED) is 0.149. The molecular formula is C91H56BN3OS. The molecule has 15 aromatic carbocycles. The van der Waals surface area contributed by atoms with Crippen molar-refractivity contribution in [2.75, 3.05) is 4.90 Å². The zero-order chi connectivity index (χ0) is 70.4. The first-order valence-corrected chi connectivity index (χ1v) is 33.7. The maximum Gasteiger partial charge on any atom is 0.249 e. The Balaban J connectivity index is 0.958. The molecule has 0 unspecified atom stereocenters. The summed E-state index contributed by atoms with van der Waals surface area (Å²) in [6, 6.07) is 100. The topological polar surface area (TPSA) is 22.3 Å². The second-order valence-corrected chi connectivity index (χ2v) is 26.6. The minimum atomic E-state index is -0.862. The molecule has 0 radical (unpaired) electrons. The Labute approximate surface area is 577 Å². The summed E-state index contributed by atoms with van der Waals surface area (Å²) in [5.74, 6) is 1.40. The minimum absolute atomic E-state index is 0.000136. The molecule has 0 N–H and O–H groups in total. The predicted molar refractivity (Wildman–Crippen MR) is 404 cm³/mol. The molecule has 0 bridgehead atoms. The number of hydrogen-bond acceptors (Lipinski definition) is 3. The first-order chi connectivity index (χ1) is 51.5. The number of aromatic nitrogens is 2. The second kappa shape index (κ2) is 21.0. The SMILES string of the molecule is [2H]c1c([2H])c([2H])c2c(c1[2H])c1c([2H])c([2H])c([2H])c([2H])c1n2-c1cc2c3c(c1)N(c1c(-c4cccc(-c5ccccc5)c4)cccc1-c1cccc(-c4ccccc4)c1)c1cc4c(cc1B3c1ccc3c(c1S2)c1ccccc1n3-c1ccccc1)C1(c2ccccc2O4)c2ccccc2-c2ccccc21. The summed E-state index contributed by atoms with van der Waals surface area (Å²) in [7, 11) is 0. The molecule has 21 rings (SSSR count). The Hall–Kier alpha value is -12.1. The van der Waals surface area contributed by atoms with Gasteiger partial charge in [0.05, 0.1) is 44.1 Å². The summed E-state index contributed by atoms with van der Waals surface area (Å²) in [5, 5.41) is 2.13. The molecule has 5 heterocycles. The van der Waals surface area contributed by atoms with Gasteiger partial charge in [-0.25, -0.2) is 0 Å². The highest BCUT2D eigenvalue weighted by Crippen LogP contribution is 2.63. The molecule has 0 saturated carbocycles. The van der Waals surface area contributed by atoms with E-state index in [9.17, 15) is 8.22 Å². The molecule has 0 amide bonds. The number of benzene rings is 15. The molecular weight excluding hydrogens is 1190 g/mol. The molecule has 97 heavy (non-hydrogen) atoms. The lowest BCUT2D eigenvalue weighted by Crippen LogP contribution is -2.60. The van der Waals surface area contributed by atoms with Gasteiger partial charge in [0, 0.05) is 82.4 Å². The highest BCUT2D eigenvalue weighted by molar-refractivity contribution is 8.00. The Morgan fingerprint density at radius 1 is 0.351 bits per heavy atom. The molecule has 0 atom stereocenters. The van der Waals surface area contributed by atoms with E-state index in [0.717, 1.165) is 154 Å². The van der Waals surface area contributed by atoms with Crippen molar-refractivity contribution in [3.8, 4) is 78.5 Å². The lowest BCUT2D eigenvalue weighted by Gasteiger charge is -2.45. The summed E-state index contributed by atoms with van der Waals surface area (Å²) in [4.78, 5) is 4.30. The summed E-state index contributed by atoms with van der Waals surface area (Å²) in [6.45, 7) is -0.507. The van der Waals surface area contributed by atoms with Gasteiger partial charge in [0.2, 0.25) is 6.71 Å². The van der Waals surface area contributed by atoms with Crippen LogP contribution in [0.25, 0.3) is 111 Å². The lowest BCUT2D eigenvalue weighted by molar-refractivity contribution is 0.437. The van der Waals surface area contributed by atoms with Gasteiger partial charge in [-0.05, 0) is 133 Å². The minimum Gasteiger partial charge on any atom is -0.457 e. The number of ether oxygens (including phenoxy) is 1. The Morgan fingerprint density at radius 3 is 1.56 bits per heavy atom. The van der Waals surface area contributed by atoms with Crippen LogP contribution in [0.5, 0.6) is 11.5 Å². The number of rotatable bonds is 7. The van der Waals surface area contributed by atoms with Crippen molar-refractivity contribution in [3.05, 3.63) is 362 Å². The highest BCUT2D eigenvalue weighted by Gasteiger charge is 2.53. The van der Waals surface area contributed by atoms with Crippen LogP contribution < -0.4 is 26.0 Å². The van der Waals surface area contributed by atoms with Crippen molar-refractivity contribution >= 4 is 95.5 Å². The Morgan fingerprint density at radius 2 is 0.887 bits per heavy atom. The van der Waals surface area contributed by atoms with Crippen molar-refractivity contribution in [2.24, 2.45) is 0 Å². The van der Waals surface area contributed by atoms with E-state index in [1.807, 2.05) is 24.3 Å². The highest BCUT2D eigenvalue weighted by atomic mass is 32.2. The van der Waals surface area contributed by atoms with Gasteiger partial charge in [-0.3, -0.25) is 0 Å². The van der Waals surface area contributed by atoms with Gasteiger partial charge in [0.15, 0.2) is 0 Å². The van der Waals surface area contributed by atoms with Gasteiger partial charge in [0.25, 0.3) is 0 Å². The third kappa shape index (κ3) is 7.79. The summed E-state index contributed by atoms with van der Waals surface area (Å²) < 4.78 is 88.0. The van der Waals surface area contributed by atoms with E-state index < -0.39 is 48.4 Å². The molecule has 0 saturated heterocycles. The zero-order valence-electron chi connectivity index (χ0n) is 59.9. The van der Waals surface area contributed by atoms with Crippen LogP contribution in [0.2, 0.25) is 0 Å². The van der Waals surface area contributed by atoms with Crippen LogP contribution in [0.4, 0.5) is 17.1 Å². The molecule has 1 aliphatic carbocycles. The third-order valence-corrected chi connectivity index (χ3v) is 21.9. The zero-order valence-corrected chi connectivity index (χ0v) is 52.8. The van der Waals surface area contributed by atoms with E-state index >= 15 is 0 Å². The second-order valence-electron chi connectivity index (χ2n) is 25.5. The fourth-order valence-corrected chi connectivity index (χ4v) is 18.1. The van der Waals surface area contributed by atoms with Gasteiger partial charge in [-0.1, -0.05) is 284 Å². The lowest BCUT2D eigenvalue weighted by atomic mass is 9.34. The van der Waals surface area contributed by atoms with Crippen LogP contribution in [-0.2, 0) is 5.41 Å². The fourth-order valence-electron chi connectivity index (χ4n) is 16.7. The van der Waals surface area contributed by atoms with Crippen molar-refractivity contribution in [2.45, 2.75) is 15.2 Å². The molecule has 1 spiro atoms. The molecule has 3 aliphatic heterocycles. The largest absolute Gasteiger partial charge is 0.457 e. The van der Waals surface area contributed by atoms with E-state index in [-0.39, 0.29) is 33.9 Å². The molecule has 17 aromatic rings. The molecule has 4 nitrogen and oxygen atoms in total. The van der Waals surface area contributed by atoms with Crippen molar-refractivity contribution in [1.29, 1.82) is 0 Å². The van der Waals surface area contributed by atoms with Crippen molar-refractivity contribution < 1.29 is 15.7 Å². The van der Waals surface area contributed by atoms with Gasteiger partial charge in [0.1, 0.15) is 11.5 Å². The smallest absolute Gasteiger partial charge is 0.249 e. The van der Waals surface area contributed by atoms with Crippen LogP contribution >= 0.6 is 11.8 Å². The monoisotopic (exact) mass is 1260 g/mol. The molecule has 4 aliphatic rings. The predicted octanol–water partition coefficient (Wildman–Crippen LogP) is 21.8. The Kier molecular flexibility index (Phi) is 10.1. The average molecular weight is 1260 g/mol. The van der Waals surface area contributed by atoms with Crippen LogP contribution in [0, 0.1) is 0 Å². The van der Waals surface area contributed by atoms with Crippen LogP contribution in [0.1, 0.15) is 33.2 Å². The summed E-state index contributed by atoms with van der Waals surface area (Å²) in [5.41, 5.74) is 22.8. The fraction of sp³-hybridized carbons (Fsp3) is 0.0110. The number of fused-ring (bicyclic) bond motifs is 20. The number of hydrogen-bond donors (Lipinski definition) is 0. The maximum absolute atomic E-state index is 9.98. The number of nitrogens with zero attached hydrogens (tertiary/aromatic N) is 3. The van der Waals surface area contributed by atoms with Gasteiger partial charge >= 0.3 is 0 Å². The van der Waals surface area contributed by atoms with E-state index in [1.54, 1.807) is 16.3 Å². The average Bonchev–Trinajstić information content (AvgIpc) is 1.64. The van der Waals surface area contributed by atoms with Crippen LogP contribution in [0.3, 0.4) is 0 Å². The van der Waals surface area contributed by atoms with E-state index in [0.29, 0.717) is 11.4 Å². The van der Waals surface area contributed by atoms with Gasteiger partial charge < -0.3 is 18.8 Å². The van der Waals surface area contributed by atoms with Crippen molar-refractivity contribution in [3.63, 3.8) is 0 Å². The summed E-state index contributed by atoms with van der Waals surface area (Å²) in [6.07, 6.45) is 0. The normalized spacial score (nSPS) is 14.6. The number of para-hydroxylation sites is 6. The maximum atomic E-state index is 9.98. The molecule has 0 fully saturated rings. The molecule has 2 aromatic heterocycles. The molecule has 450 valence electrons.